The molecule has 0 bridgehead atoms. The first-order chi connectivity index (χ1) is 13.8. The van der Waals surface area contributed by atoms with Crippen LogP contribution in [0.3, 0.4) is 0 Å². The van der Waals surface area contributed by atoms with Gasteiger partial charge >= 0.3 is 5.97 Å². The Hall–Kier alpha value is -1.05. The molecule has 3 saturated carbocycles. The van der Waals surface area contributed by atoms with E-state index in [0.29, 0.717) is 10.8 Å². The summed E-state index contributed by atoms with van der Waals surface area (Å²) >= 11 is 0. The van der Waals surface area contributed by atoms with Crippen molar-refractivity contribution in [2.45, 2.75) is 105 Å². The van der Waals surface area contributed by atoms with Crippen LogP contribution < -0.4 is 0 Å². The Morgan fingerprint density at radius 2 is 1.93 bits per heavy atom. The molecule has 4 aliphatic carbocycles. The van der Waals surface area contributed by atoms with Gasteiger partial charge in [0.2, 0.25) is 0 Å². The number of esters is 1. The van der Waals surface area contributed by atoms with Gasteiger partial charge in [-0.1, -0.05) is 50.5 Å². The highest BCUT2D eigenvalue weighted by Crippen LogP contribution is 2.67. The van der Waals surface area contributed by atoms with Gasteiger partial charge in [-0.3, -0.25) is 4.79 Å². The Morgan fingerprint density at radius 3 is 2.66 bits per heavy atom. The Bertz CT molecular complexity index is 703. The molecule has 0 aromatic rings. The largest absolute Gasteiger partial charge is 0.462 e. The van der Waals surface area contributed by atoms with E-state index in [0.717, 1.165) is 36.5 Å². The van der Waals surface area contributed by atoms with Gasteiger partial charge in [-0.2, -0.15) is 0 Å². The van der Waals surface area contributed by atoms with Crippen LogP contribution in [0.4, 0.5) is 0 Å². The highest BCUT2D eigenvalue weighted by atomic mass is 16.5. The van der Waals surface area contributed by atoms with Crippen molar-refractivity contribution >= 4 is 5.97 Å². The fraction of sp³-hybridized carbons (Fsp3) is 0.815. The van der Waals surface area contributed by atoms with E-state index in [1.807, 2.05) is 0 Å². The van der Waals surface area contributed by atoms with E-state index in [-0.39, 0.29) is 12.1 Å². The highest BCUT2D eigenvalue weighted by molar-refractivity contribution is 5.66. The van der Waals surface area contributed by atoms with Gasteiger partial charge in [0, 0.05) is 13.3 Å². The normalized spacial score (nSPS) is 44.4. The van der Waals surface area contributed by atoms with Crippen LogP contribution in [-0.4, -0.2) is 12.1 Å². The third-order valence-electron chi connectivity index (χ3n) is 9.70. The summed E-state index contributed by atoms with van der Waals surface area (Å²) in [6, 6.07) is 0. The minimum Gasteiger partial charge on any atom is -0.462 e. The molecular weight excluding hydrogens is 356 g/mol. The summed E-state index contributed by atoms with van der Waals surface area (Å²) < 4.78 is 5.59. The molecule has 0 aliphatic heterocycles. The smallest absolute Gasteiger partial charge is 0.302 e. The van der Waals surface area contributed by atoms with E-state index in [9.17, 15) is 4.79 Å². The second-order valence-electron chi connectivity index (χ2n) is 11.1. The number of fused-ring (bicyclic) bond motifs is 5. The second-order valence-corrected chi connectivity index (χ2v) is 11.1. The Kier molecular flexibility index (Phi) is 5.77. The van der Waals surface area contributed by atoms with E-state index < -0.39 is 0 Å². The van der Waals surface area contributed by atoms with Gasteiger partial charge in [-0.25, -0.2) is 0 Å². The molecule has 0 aromatic carbocycles. The maximum absolute atomic E-state index is 11.4. The minimum atomic E-state index is -0.121. The summed E-state index contributed by atoms with van der Waals surface area (Å²) in [4.78, 5) is 11.4. The number of carbonyl (C=O) groups is 1. The maximum Gasteiger partial charge on any atom is 0.302 e. The Balaban J connectivity index is 1.55. The topological polar surface area (TPSA) is 26.3 Å². The third kappa shape index (κ3) is 3.53. The standard InChI is InChI=1S/C27H42O2/c1-6-7-8-18(2)23-11-12-24-22-10-9-20-17-21(29-19(3)28)13-15-26(20,4)25(22)14-16-27(23,24)5/h8-9,21-25H,6-7,10-17H2,1-5H3/b18-8-/t21?,22-,23+,24-,25-,26-,27+/m0/s1. The zero-order valence-corrected chi connectivity index (χ0v) is 19.4. The van der Waals surface area contributed by atoms with Crippen molar-refractivity contribution in [1.82, 2.24) is 0 Å². The summed E-state index contributed by atoms with van der Waals surface area (Å²) in [6.07, 6.45) is 17.8. The third-order valence-corrected chi connectivity index (χ3v) is 9.70. The monoisotopic (exact) mass is 398 g/mol. The molecule has 29 heavy (non-hydrogen) atoms. The van der Waals surface area contributed by atoms with Gasteiger partial charge < -0.3 is 4.74 Å². The van der Waals surface area contributed by atoms with Crippen LogP contribution in [0.1, 0.15) is 98.8 Å². The number of hydrogen-bond acceptors (Lipinski definition) is 2. The number of unbranched alkanes of at least 4 members (excludes halogenated alkanes) is 1. The molecule has 162 valence electrons. The quantitative estimate of drug-likeness (QED) is 0.368. The predicted molar refractivity (Wildman–Crippen MR) is 119 cm³/mol. The van der Waals surface area contributed by atoms with Gasteiger partial charge in [0.25, 0.3) is 0 Å². The molecule has 0 aromatic heterocycles. The van der Waals surface area contributed by atoms with Gasteiger partial charge in [-0.05, 0) is 92.8 Å². The van der Waals surface area contributed by atoms with Gasteiger partial charge in [-0.15, -0.1) is 0 Å². The fourth-order valence-corrected chi connectivity index (χ4v) is 8.23. The summed E-state index contributed by atoms with van der Waals surface area (Å²) in [5.41, 5.74) is 4.13. The van der Waals surface area contributed by atoms with Crippen molar-refractivity contribution in [3.8, 4) is 0 Å². The van der Waals surface area contributed by atoms with Crippen LogP contribution in [0.15, 0.2) is 23.3 Å². The molecule has 4 aliphatic rings. The highest BCUT2D eigenvalue weighted by Gasteiger charge is 2.58. The molecule has 2 heteroatoms. The molecule has 2 nitrogen and oxygen atoms in total. The van der Waals surface area contributed by atoms with Crippen molar-refractivity contribution in [2.24, 2.45) is 34.5 Å². The number of carbonyl (C=O) groups excluding carboxylic acids is 1. The van der Waals surface area contributed by atoms with Gasteiger partial charge in [0.1, 0.15) is 6.10 Å². The Labute approximate surface area is 178 Å². The molecule has 3 fully saturated rings. The van der Waals surface area contributed by atoms with Crippen molar-refractivity contribution in [3.63, 3.8) is 0 Å². The summed E-state index contributed by atoms with van der Waals surface area (Å²) in [5.74, 6) is 3.26. The van der Waals surface area contributed by atoms with Crippen LogP contribution in [0, 0.1) is 34.5 Å². The lowest BCUT2D eigenvalue weighted by Crippen LogP contribution is -2.50. The van der Waals surface area contributed by atoms with E-state index in [4.69, 9.17) is 4.74 Å². The fourth-order valence-electron chi connectivity index (χ4n) is 8.23. The molecular formula is C27H42O2. The van der Waals surface area contributed by atoms with Crippen molar-refractivity contribution in [3.05, 3.63) is 23.3 Å². The first-order valence-corrected chi connectivity index (χ1v) is 12.3. The van der Waals surface area contributed by atoms with E-state index in [1.54, 1.807) is 18.1 Å². The van der Waals surface area contributed by atoms with Crippen LogP contribution in [-0.2, 0) is 9.53 Å². The number of rotatable bonds is 4. The molecule has 7 atom stereocenters. The zero-order valence-electron chi connectivity index (χ0n) is 19.4. The van der Waals surface area contributed by atoms with E-state index in [1.165, 1.54) is 51.4 Å². The summed E-state index contributed by atoms with van der Waals surface area (Å²) in [6.45, 7) is 11.4. The molecule has 4 rings (SSSR count). The molecule has 0 spiro atoms. The molecule has 0 radical (unpaired) electrons. The average Bonchev–Trinajstić information content (AvgIpc) is 3.03. The lowest BCUT2D eigenvalue weighted by atomic mass is 9.47. The lowest BCUT2D eigenvalue weighted by Gasteiger charge is -2.58. The van der Waals surface area contributed by atoms with Crippen molar-refractivity contribution in [1.29, 1.82) is 0 Å². The predicted octanol–water partition coefficient (Wildman–Crippen LogP) is 7.24. The summed E-state index contributed by atoms with van der Waals surface area (Å²) in [7, 11) is 0. The van der Waals surface area contributed by atoms with E-state index >= 15 is 0 Å². The van der Waals surface area contributed by atoms with Gasteiger partial charge in [0.15, 0.2) is 0 Å². The Morgan fingerprint density at radius 1 is 1.14 bits per heavy atom. The van der Waals surface area contributed by atoms with Crippen molar-refractivity contribution < 1.29 is 9.53 Å². The number of allylic oxidation sites excluding steroid dienone is 3. The molecule has 0 N–H and O–H groups in total. The van der Waals surface area contributed by atoms with E-state index in [2.05, 4.69) is 39.8 Å². The van der Waals surface area contributed by atoms with Crippen LogP contribution >= 0.6 is 0 Å². The first-order valence-electron chi connectivity index (χ1n) is 12.3. The SMILES string of the molecule is CCC/C=C(/C)[C@H]1CC[C@H]2[C@@H]3CC=C4CC(OC(C)=O)CC[C@]4(C)[C@H]3CC[C@]12C. The molecule has 0 saturated heterocycles. The van der Waals surface area contributed by atoms with Crippen LogP contribution in [0.25, 0.3) is 0 Å². The average molecular weight is 399 g/mol. The minimum absolute atomic E-state index is 0.111. The maximum atomic E-state index is 11.4. The zero-order chi connectivity index (χ0) is 20.8. The van der Waals surface area contributed by atoms with Gasteiger partial charge in [0.05, 0.1) is 0 Å². The van der Waals surface area contributed by atoms with Crippen LogP contribution in [0.5, 0.6) is 0 Å². The van der Waals surface area contributed by atoms with Crippen molar-refractivity contribution in [2.75, 3.05) is 0 Å². The van der Waals surface area contributed by atoms with Crippen LogP contribution in [0.2, 0.25) is 0 Å². The molecule has 0 heterocycles. The first kappa shape index (κ1) is 21.2. The number of ether oxygens (including phenoxy) is 1. The number of hydrogen-bond donors (Lipinski definition) is 0. The summed E-state index contributed by atoms with van der Waals surface area (Å²) in [5, 5.41) is 0. The molecule has 1 unspecified atom stereocenters. The lowest BCUT2D eigenvalue weighted by molar-refractivity contribution is -0.148. The second kappa shape index (κ2) is 7.89. The molecule has 0 amide bonds.